The van der Waals surface area contributed by atoms with Gasteiger partial charge < -0.3 is 15.4 Å². The van der Waals surface area contributed by atoms with Gasteiger partial charge in [-0.05, 0) is 36.5 Å². The molecule has 1 spiro atoms. The second-order valence-corrected chi connectivity index (χ2v) is 7.06. The van der Waals surface area contributed by atoms with E-state index in [9.17, 15) is 14.4 Å². The molecular formula is C19H25N3O4. The molecular weight excluding hydrogens is 334 g/mol. The molecule has 3 rings (SSSR count). The van der Waals surface area contributed by atoms with Gasteiger partial charge in [0.15, 0.2) is 0 Å². The number of nitrogens with zero attached hydrogens (tertiary/aromatic N) is 1. The first-order valence-corrected chi connectivity index (χ1v) is 9.00. The van der Waals surface area contributed by atoms with E-state index in [-0.39, 0.29) is 24.3 Å². The van der Waals surface area contributed by atoms with E-state index >= 15 is 0 Å². The van der Waals surface area contributed by atoms with Crippen LogP contribution in [0.2, 0.25) is 0 Å². The Balaban J connectivity index is 1.58. The smallest absolute Gasteiger partial charge is 0.325 e. The molecule has 0 radical (unpaired) electrons. The maximum atomic E-state index is 12.8. The Morgan fingerprint density at radius 1 is 1.31 bits per heavy atom. The van der Waals surface area contributed by atoms with Crippen LogP contribution >= 0.6 is 0 Å². The number of amides is 4. The van der Waals surface area contributed by atoms with E-state index < -0.39 is 11.6 Å². The molecule has 1 aliphatic carbocycles. The van der Waals surface area contributed by atoms with Crippen LogP contribution in [0.3, 0.4) is 0 Å². The number of ether oxygens (including phenoxy) is 1. The van der Waals surface area contributed by atoms with Gasteiger partial charge in [0.2, 0.25) is 5.91 Å². The second kappa shape index (κ2) is 7.35. The van der Waals surface area contributed by atoms with Gasteiger partial charge in [-0.1, -0.05) is 31.9 Å². The number of benzene rings is 1. The predicted molar refractivity (Wildman–Crippen MR) is 95.4 cm³/mol. The predicted octanol–water partition coefficient (Wildman–Crippen LogP) is 1.81. The van der Waals surface area contributed by atoms with Gasteiger partial charge in [-0.25, -0.2) is 4.79 Å². The molecule has 1 heterocycles. The van der Waals surface area contributed by atoms with Gasteiger partial charge in [-0.15, -0.1) is 0 Å². The molecule has 7 heteroatoms. The van der Waals surface area contributed by atoms with Crippen molar-refractivity contribution in [3.8, 4) is 5.75 Å². The van der Waals surface area contributed by atoms with E-state index in [4.69, 9.17) is 4.74 Å². The van der Waals surface area contributed by atoms with Crippen molar-refractivity contribution < 1.29 is 19.1 Å². The largest absolute Gasteiger partial charge is 0.497 e. The highest BCUT2D eigenvalue weighted by Crippen LogP contribution is 2.38. The highest BCUT2D eigenvalue weighted by atomic mass is 16.5. The zero-order chi connectivity index (χ0) is 18.7. The zero-order valence-corrected chi connectivity index (χ0v) is 15.2. The lowest BCUT2D eigenvalue weighted by molar-refractivity contribution is -0.137. The van der Waals surface area contributed by atoms with Crippen LogP contribution in [0.1, 0.15) is 38.2 Å². The molecule has 2 aliphatic rings. The summed E-state index contributed by atoms with van der Waals surface area (Å²) in [6.45, 7) is 2.06. The fourth-order valence-corrected chi connectivity index (χ4v) is 3.78. The number of carbonyl (C=O) groups is 3. The summed E-state index contributed by atoms with van der Waals surface area (Å²) in [7, 11) is 1.59. The molecule has 1 aromatic rings. The molecule has 1 aliphatic heterocycles. The Bertz CT molecular complexity index is 703. The summed E-state index contributed by atoms with van der Waals surface area (Å²) >= 11 is 0. The summed E-state index contributed by atoms with van der Waals surface area (Å²) in [6.07, 6.45) is 3.52. The van der Waals surface area contributed by atoms with Crippen molar-refractivity contribution in [1.29, 1.82) is 0 Å². The molecule has 1 saturated carbocycles. The minimum atomic E-state index is -0.828. The fourth-order valence-electron chi connectivity index (χ4n) is 3.78. The number of hydrogen-bond donors (Lipinski definition) is 2. The van der Waals surface area contributed by atoms with Gasteiger partial charge in [0.25, 0.3) is 5.91 Å². The van der Waals surface area contributed by atoms with Crippen LogP contribution in [-0.2, 0) is 16.1 Å². The third-order valence-corrected chi connectivity index (χ3v) is 5.45. The lowest BCUT2D eigenvalue weighted by Gasteiger charge is -2.36. The topological polar surface area (TPSA) is 87.7 Å². The summed E-state index contributed by atoms with van der Waals surface area (Å²) in [5.74, 6) is 0.200. The normalized spacial score (nSPS) is 25.3. The molecule has 1 aromatic carbocycles. The number of imide groups is 1. The Morgan fingerprint density at radius 3 is 2.69 bits per heavy atom. The third kappa shape index (κ3) is 3.38. The Hall–Kier alpha value is -2.57. The molecule has 4 amide bonds. The molecule has 2 atom stereocenters. The molecule has 2 N–H and O–H groups in total. The van der Waals surface area contributed by atoms with Crippen molar-refractivity contribution in [3.63, 3.8) is 0 Å². The molecule has 26 heavy (non-hydrogen) atoms. The lowest BCUT2D eigenvalue weighted by atomic mass is 9.73. The Kier molecular flexibility index (Phi) is 5.15. The van der Waals surface area contributed by atoms with Crippen molar-refractivity contribution in [1.82, 2.24) is 15.5 Å². The quantitative estimate of drug-likeness (QED) is 0.785. The van der Waals surface area contributed by atoms with Gasteiger partial charge in [0.05, 0.1) is 7.11 Å². The Morgan fingerprint density at radius 2 is 2.04 bits per heavy atom. The van der Waals surface area contributed by atoms with E-state index in [0.29, 0.717) is 13.0 Å². The standard InChI is InChI=1S/C19H25N3O4/c1-13-5-3-4-10-19(13)17(24)22(18(25)21-19)12-16(23)20-11-14-6-8-15(26-2)9-7-14/h6-9,13H,3-5,10-12H2,1-2H3,(H,20,23)(H,21,25). The molecule has 140 valence electrons. The maximum absolute atomic E-state index is 12.8. The molecule has 2 fully saturated rings. The number of hydrogen-bond acceptors (Lipinski definition) is 4. The summed E-state index contributed by atoms with van der Waals surface area (Å²) in [4.78, 5) is 38.4. The highest BCUT2D eigenvalue weighted by molar-refractivity contribution is 6.09. The van der Waals surface area contributed by atoms with Crippen LogP contribution in [-0.4, -0.2) is 41.9 Å². The molecule has 0 bridgehead atoms. The highest BCUT2D eigenvalue weighted by Gasteiger charge is 2.55. The van der Waals surface area contributed by atoms with E-state index in [2.05, 4.69) is 10.6 Å². The number of nitrogens with one attached hydrogen (secondary N) is 2. The minimum Gasteiger partial charge on any atom is -0.497 e. The molecule has 1 saturated heterocycles. The molecule has 7 nitrogen and oxygen atoms in total. The first-order valence-electron chi connectivity index (χ1n) is 9.00. The van der Waals surface area contributed by atoms with Crippen molar-refractivity contribution >= 4 is 17.8 Å². The second-order valence-electron chi connectivity index (χ2n) is 7.06. The van der Waals surface area contributed by atoms with E-state index in [1.807, 2.05) is 31.2 Å². The average molecular weight is 359 g/mol. The summed E-state index contributed by atoms with van der Waals surface area (Å²) in [5.41, 5.74) is 0.0831. The van der Waals surface area contributed by atoms with E-state index in [1.165, 1.54) is 0 Å². The Labute approximate surface area is 153 Å². The minimum absolute atomic E-state index is 0.0834. The van der Waals surface area contributed by atoms with Crippen LogP contribution in [0.25, 0.3) is 0 Å². The third-order valence-electron chi connectivity index (χ3n) is 5.45. The molecule has 2 unspecified atom stereocenters. The van der Waals surface area contributed by atoms with Crippen LogP contribution in [0.4, 0.5) is 4.79 Å². The van der Waals surface area contributed by atoms with Crippen molar-refractivity contribution in [2.75, 3.05) is 13.7 Å². The number of urea groups is 1. The van der Waals surface area contributed by atoms with Gasteiger partial charge in [-0.3, -0.25) is 14.5 Å². The summed E-state index contributed by atoms with van der Waals surface area (Å²) in [5, 5.41) is 5.61. The van der Waals surface area contributed by atoms with Gasteiger partial charge in [-0.2, -0.15) is 0 Å². The average Bonchev–Trinajstić information content (AvgIpc) is 2.88. The van der Waals surface area contributed by atoms with E-state index in [1.54, 1.807) is 7.11 Å². The maximum Gasteiger partial charge on any atom is 0.325 e. The lowest BCUT2D eigenvalue weighted by Crippen LogP contribution is -2.54. The van der Waals surface area contributed by atoms with Crippen molar-refractivity contribution in [2.24, 2.45) is 5.92 Å². The van der Waals surface area contributed by atoms with Gasteiger partial charge in [0.1, 0.15) is 17.8 Å². The van der Waals surface area contributed by atoms with Crippen LogP contribution < -0.4 is 15.4 Å². The zero-order valence-electron chi connectivity index (χ0n) is 15.2. The van der Waals surface area contributed by atoms with Crippen molar-refractivity contribution in [3.05, 3.63) is 29.8 Å². The fraction of sp³-hybridized carbons (Fsp3) is 0.526. The monoisotopic (exact) mass is 359 g/mol. The molecule has 0 aromatic heterocycles. The van der Waals surface area contributed by atoms with E-state index in [0.717, 1.165) is 35.5 Å². The van der Waals surface area contributed by atoms with Crippen molar-refractivity contribution in [2.45, 2.75) is 44.7 Å². The van der Waals surface area contributed by atoms with Crippen LogP contribution in [0, 0.1) is 5.92 Å². The van der Waals surface area contributed by atoms with Crippen LogP contribution in [0.15, 0.2) is 24.3 Å². The first-order chi connectivity index (χ1) is 12.5. The number of methoxy groups -OCH3 is 1. The summed E-state index contributed by atoms with van der Waals surface area (Å²) < 4.78 is 5.09. The number of carbonyl (C=O) groups excluding carboxylic acids is 3. The van der Waals surface area contributed by atoms with Gasteiger partial charge >= 0.3 is 6.03 Å². The SMILES string of the molecule is COc1ccc(CNC(=O)CN2C(=O)NC3(CCCCC3C)C2=O)cc1. The number of rotatable bonds is 5. The summed E-state index contributed by atoms with van der Waals surface area (Å²) in [6, 6.07) is 6.86. The van der Waals surface area contributed by atoms with Crippen LogP contribution in [0.5, 0.6) is 5.75 Å². The first kappa shape index (κ1) is 18.2. The van der Waals surface area contributed by atoms with Gasteiger partial charge in [0, 0.05) is 6.54 Å².